The number of hydrogen-bond donors (Lipinski definition) is 2. The molecule has 0 aliphatic heterocycles. The molecule has 2 fully saturated rings. The van der Waals surface area contributed by atoms with E-state index in [9.17, 15) is 0 Å². The number of nitrogens with one attached hydrogen (secondary N) is 1. The van der Waals surface area contributed by atoms with Crippen molar-refractivity contribution in [3.05, 3.63) is 22.6 Å². The maximum atomic E-state index is 5.86. The summed E-state index contributed by atoms with van der Waals surface area (Å²) in [5, 5.41) is 3.61. The summed E-state index contributed by atoms with van der Waals surface area (Å²) in [6.07, 6.45) is 7.44. The normalized spacial score (nSPS) is 21.5. The molecule has 2 aliphatic carbocycles. The van der Waals surface area contributed by atoms with Gasteiger partial charge in [0.15, 0.2) is 0 Å². The van der Waals surface area contributed by atoms with Gasteiger partial charge in [-0.25, -0.2) is 0 Å². The van der Waals surface area contributed by atoms with Crippen molar-refractivity contribution in [2.45, 2.75) is 31.7 Å². The standard InChI is InChI=1S/C14H21BrN2O/c15-12-5-6-18-14(12)13(7-16)17-8-11(9-1-2-9)10-3-4-10/h5-6,9-11,13,17H,1-4,7-8,16H2. The predicted molar refractivity (Wildman–Crippen MR) is 75.1 cm³/mol. The van der Waals surface area contributed by atoms with Crippen LogP contribution in [0.1, 0.15) is 37.5 Å². The van der Waals surface area contributed by atoms with E-state index in [0.717, 1.165) is 34.5 Å². The van der Waals surface area contributed by atoms with Crippen LogP contribution in [0.2, 0.25) is 0 Å². The van der Waals surface area contributed by atoms with Crippen molar-refractivity contribution in [2.75, 3.05) is 13.1 Å². The summed E-state index contributed by atoms with van der Waals surface area (Å²) < 4.78 is 6.53. The smallest absolute Gasteiger partial charge is 0.136 e. The third kappa shape index (κ3) is 2.81. The Morgan fingerprint density at radius 2 is 2.00 bits per heavy atom. The van der Waals surface area contributed by atoms with Gasteiger partial charge >= 0.3 is 0 Å². The Labute approximate surface area is 117 Å². The Kier molecular flexibility index (Phi) is 3.78. The van der Waals surface area contributed by atoms with E-state index < -0.39 is 0 Å². The minimum atomic E-state index is 0.134. The van der Waals surface area contributed by atoms with Crippen molar-refractivity contribution in [1.82, 2.24) is 5.32 Å². The van der Waals surface area contributed by atoms with Gasteiger partial charge in [-0.3, -0.25) is 0 Å². The van der Waals surface area contributed by atoms with E-state index in [1.165, 1.54) is 25.7 Å². The van der Waals surface area contributed by atoms with Crippen LogP contribution in [0, 0.1) is 17.8 Å². The summed E-state index contributed by atoms with van der Waals surface area (Å²) in [4.78, 5) is 0. The van der Waals surface area contributed by atoms with Crippen LogP contribution >= 0.6 is 15.9 Å². The Bertz CT molecular complexity index is 386. The summed E-state index contributed by atoms with van der Waals surface area (Å²) in [5.41, 5.74) is 5.86. The lowest BCUT2D eigenvalue weighted by Crippen LogP contribution is -2.33. The zero-order valence-electron chi connectivity index (χ0n) is 10.6. The highest BCUT2D eigenvalue weighted by Gasteiger charge is 2.41. The summed E-state index contributed by atoms with van der Waals surface area (Å²) in [5.74, 6) is 3.75. The molecule has 1 heterocycles. The molecule has 2 saturated carbocycles. The van der Waals surface area contributed by atoms with Gasteiger partial charge in [-0.15, -0.1) is 0 Å². The third-order valence-corrected chi connectivity index (χ3v) is 4.91. The third-order valence-electron chi connectivity index (χ3n) is 4.25. The zero-order chi connectivity index (χ0) is 12.5. The first-order chi connectivity index (χ1) is 8.79. The van der Waals surface area contributed by atoms with Gasteiger partial charge in [-0.05, 0) is 72.0 Å². The van der Waals surface area contributed by atoms with Crippen molar-refractivity contribution >= 4 is 15.9 Å². The Balaban J connectivity index is 1.58. The Morgan fingerprint density at radius 1 is 1.33 bits per heavy atom. The fraction of sp³-hybridized carbons (Fsp3) is 0.714. The number of hydrogen-bond acceptors (Lipinski definition) is 3. The van der Waals surface area contributed by atoms with Crippen LogP contribution in [0.25, 0.3) is 0 Å². The predicted octanol–water partition coefficient (Wildman–Crippen LogP) is 3.07. The number of furan rings is 1. The topological polar surface area (TPSA) is 51.2 Å². The van der Waals surface area contributed by atoms with E-state index in [1.54, 1.807) is 6.26 Å². The quantitative estimate of drug-likeness (QED) is 0.813. The zero-order valence-corrected chi connectivity index (χ0v) is 12.2. The second-order valence-corrected chi connectivity index (χ2v) is 6.52. The van der Waals surface area contributed by atoms with E-state index in [2.05, 4.69) is 21.2 Å². The maximum absolute atomic E-state index is 5.86. The molecule has 2 aliphatic rings. The van der Waals surface area contributed by atoms with Gasteiger partial charge in [0.2, 0.25) is 0 Å². The molecule has 0 saturated heterocycles. The molecule has 100 valence electrons. The molecule has 3 N–H and O–H groups in total. The molecule has 0 aromatic carbocycles. The molecule has 3 nitrogen and oxygen atoms in total. The SMILES string of the molecule is NCC(NCC(C1CC1)C1CC1)c1occc1Br. The van der Waals surface area contributed by atoms with E-state index in [1.807, 2.05) is 6.07 Å². The molecule has 1 aromatic heterocycles. The molecule has 4 heteroatoms. The number of halogens is 1. The highest BCUT2D eigenvalue weighted by atomic mass is 79.9. The molecule has 0 spiro atoms. The van der Waals surface area contributed by atoms with Gasteiger partial charge in [0.1, 0.15) is 5.76 Å². The average Bonchev–Trinajstić information content (AvgIpc) is 3.26. The molecular weight excluding hydrogens is 292 g/mol. The van der Waals surface area contributed by atoms with E-state index in [-0.39, 0.29) is 6.04 Å². The molecule has 0 radical (unpaired) electrons. The van der Waals surface area contributed by atoms with E-state index in [4.69, 9.17) is 10.2 Å². The van der Waals surface area contributed by atoms with Gasteiger partial charge in [-0.1, -0.05) is 0 Å². The van der Waals surface area contributed by atoms with Crippen LogP contribution in [-0.4, -0.2) is 13.1 Å². The van der Waals surface area contributed by atoms with Crippen molar-refractivity contribution in [2.24, 2.45) is 23.5 Å². The second kappa shape index (κ2) is 5.35. The molecule has 3 rings (SSSR count). The molecule has 1 aromatic rings. The van der Waals surface area contributed by atoms with Crippen LogP contribution < -0.4 is 11.1 Å². The first kappa shape index (κ1) is 12.7. The monoisotopic (exact) mass is 312 g/mol. The fourth-order valence-electron chi connectivity index (χ4n) is 2.88. The molecular formula is C14H21BrN2O. The number of nitrogens with two attached hydrogens (primary N) is 1. The lowest BCUT2D eigenvalue weighted by atomic mass is 9.97. The summed E-state index contributed by atoms with van der Waals surface area (Å²) in [6.45, 7) is 1.67. The van der Waals surface area contributed by atoms with Crippen LogP contribution in [0.15, 0.2) is 21.2 Å². The van der Waals surface area contributed by atoms with Crippen LogP contribution in [0.5, 0.6) is 0 Å². The molecule has 1 unspecified atom stereocenters. The summed E-state index contributed by atoms with van der Waals surface area (Å²) >= 11 is 3.51. The molecule has 0 bridgehead atoms. The van der Waals surface area contributed by atoms with Crippen molar-refractivity contribution < 1.29 is 4.42 Å². The van der Waals surface area contributed by atoms with Crippen LogP contribution in [0.3, 0.4) is 0 Å². The maximum Gasteiger partial charge on any atom is 0.136 e. The average molecular weight is 313 g/mol. The van der Waals surface area contributed by atoms with Crippen molar-refractivity contribution in [3.63, 3.8) is 0 Å². The fourth-order valence-corrected chi connectivity index (χ4v) is 3.36. The highest BCUT2D eigenvalue weighted by molar-refractivity contribution is 9.10. The van der Waals surface area contributed by atoms with Crippen molar-refractivity contribution in [3.8, 4) is 0 Å². The first-order valence-electron chi connectivity index (χ1n) is 6.96. The largest absolute Gasteiger partial charge is 0.466 e. The van der Waals surface area contributed by atoms with E-state index in [0.29, 0.717) is 6.54 Å². The van der Waals surface area contributed by atoms with Crippen LogP contribution in [0.4, 0.5) is 0 Å². The summed E-state index contributed by atoms with van der Waals surface area (Å²) in [6, 6.07) is 2.06. The molecule has 0 amide bonds. The van der Waals surface area contributed by atoms with Gasteiger partial charge in [-0.2, -0.15) is 0 Å². The van der Waals surface area contributed by atoms with Crippen molar-refractivity contribution in [1.29, 1.82) is 0 Å². The van der Waals surface area contributed by atoms with Gasteiger partial charge in [0, 0.05) is 6.54 Å². The number of rotatable bonds is 7. The van der Waals surface area contributed by atoms with E-state index >= 15 is 0 Å². The molecule has 18 heavy (non-hydrogen) atoms. The lowest BCUT2D eigenvalue weighted by Gasteiger charge is -2.21. The minimum absolute atomic E-state index is 0.134. The Morgan fingerprint density at radius 3 is 2.44 bits per heavy atom. The molecule has 1 atom stereocenters. The lowest BCUT2D eigenvalue weighted by molar-refractivity contribution is 0.335. The van der Waals surface area contributed by atoms with Crippen LogP contribution in [-0.2, 0) is 0 Å². The van der Waals surface area contributed by atoms with Gasteiger partial charge < -0.3 is 15.5 Å². The van der Waals surface area contributed by atoms with Gasteiger partial charge in [0.05, 0.1) is 16.8 Å². The second-order valence-electron chi connectivity index (χ2n) is 5.67. The summed E-state index contributed by atoms with van der Waals surface area (Å²) in [7, 11) is 0. The minimum Gasteiger partial charge on any atom is -0.466 e. The highest BCUT2D eigenvalue weighted by Crippen LogP contribution is 2.49. The Hall–Kier alpha value is -0.320. The van der Waals surface area contributed by atoms with Gasteiger partial charge in [0.25, 0.3) is 0 Å². The first-order valence-corrected chi connectivity index (χ1v) is 7.75.